The van der Waals surface area contributed by atoms with E-state index in [0.29, 0.717) is 34.1 Å². The first-order valence-electron chi connectivity index (χ1n) is 8.21. The summed E-state index contributed by atoms with van der Waals surface area (Å²) >= 11 is 0. The standard InChI is InChI=1S/C19H13FN6O2/c20-13-4-2-6-15(10-13)26-18-16(24-25-26)11-21-19(23-18)22-14-5-1-3-12(9-14)7-8-17(27)28/h1-11H,(H,27,28)(H,21,22,23). The lowest BCUT2D eigenvalue weighted by Gasteiger charge is -2.06. The quantitative estimate of drug-likeness (QED) is 0.515. The molecule has 0 amide bonds. The number of carbonyl (C=O) groups is 1. The lowest BCUT2D eigenvalue weighted by Crippen LogP contribution is -2.01. The van der Waals surface area contributed by atoms with Gasteiger partial charge in [0.1, 0.15) is 5.82 Å². The van der Waals surface area contributed by atoms with Crippen molar-refractivity contribution in [3.8, 4) is 5.69 Å². The first-order chi connectivity index (χ1) is 13.6. The summed E-state index contributed by atoms with van der Waals surface area (Å²) in [6, 6.07) is 13.1. The van der Waals surface area contributed by atoms with E-state index in [9.17, 15) is 9.18 Å². The van der Waals surface area contributed by atoms with Gasteiger partial charge < -0.3 is 10.4 Å². The Kier molecular flexibility index (Phi) is 4.47. The Hall–Kier alpha value is -4.14. The molecule has 8 nitrogen and oxygen atoms in total. The number of hydrogen-bond donors (Lipinski definition) is 2. The zero-order chi connectivity index (χ0) is 19.5. The van der Waals surface area contributed by atoms with Gasteiger partial charge in [-0.1, -0.05) is 23.4 Å². The highest BCUT2D eigenvalue weighted by Crippen LogP contribution is 2.19. The maximum atomic E-state index is 13.5. The van der Waals surface area contributed by atoms with E-state index in [-0.39, 0.29) is 5.82 Å². The number of carboxylic acids is 1. The predicted molar refractivity (Wildman–Crippen MR) is 101 cm³/mol. The van der Waals surface area contributed by atoms with E-state index in [2.05, 4.69) is 25.6 Å². The molecule has 0 radical (unpaired) electrons. The summed E-state index contributed by atoms with van der Waals surface area (Å²) in [5, 5.41) is 19.8. The minimum Gasteiger partial charge on any atom is -0.478 e. The highest BCUT2D eigenvalue weighted by atomic mass is 19.1. The number of carboxylic acid groups (broad SMARTS) is 1. The molecule has 2 N–H and O–H groups in total. The van der Waals surface area contributed by atoms with Crippen LogP contribution in [0.4, 0.5) is 16.0 Å². The molecule has 0 fully saturated rings. The third-order valence-electron chi connectivity index (χ3n) is 3.81. The number of aliphatic carboxylic acids is 1. The van der Waals surface area contributed by atoms with Gasteiger partial charge in [0, 0.05) is 11.8 Å². The molecule has 0 bridgehead atoms. The molecule has 0 unspecified atom stereocenters. The topological polar surface area (TPSA) is 106 Å². The van der Waals surface area contributed by atoms with Crippen molar-refractivity contribution in [1.82, 2.24) is 25.0 Å². The minimum atomic E-state index is -1.02. The summed E-state index contributed by atoms with van der Waals surface area (Å²) in [7, 11) is 0. The third-order valence-corrected chi connectivity index (χ3v) is 3.81. The van der Waals surface area contributed by atoms with E-state index in [4.69, 9.17) is 5.11 Å². The predicted octanol–water partition coefficient (Wildman–Crippen LogP) is 3.19. The fraction of sp³-hybridized carbons (Fsp3) is 0. The van der Waals surface area contributed by atoms with E-state index < -0.39 is 5.97 Å². The normalized spacial score (nSPS) is 11.2. The van der Waals surface area contributed by atoms with Gasteiger partial charge in [-0.2, -0.15) is 9.67 Å². The van der Waals surface area contributed by atoms with Gasteiger partial charge in [-0.25, -0.2) is 14.2 Å². The molecule has 0 spiro atoms. The van der Waals surface area contributed by atoms with Gasteiger partial charge in [-0.3, -0.25) is 0 Å². The van der Waals surface area contributed by atoms with E-state index in [1.807, 2.05) is 0 Å². The maximum absolute atomic E-state index is 13.5. The molecule has 4 aromatic rings. The summed E-state index contributed by atoms with van der Waals surface area (Å²) in [6.45, 7) is 0. The lowest BCUT2D eigenvalue weighted by atomic mass is 10.2. The molecule has 0 saturated carbocycles. The highest BCUT2D eigenvalue weighted by Gasteiger charge is 2.11. The number of rotatable bonds is 5. The summed E-state index contributed by atoms with van der Waals surface area (Å²) in [5.41, 5.74) is 2.77. The number of halogens is 1. The van der Waals surface area contributed by atoms with Crippen molar-refractivity contribution in [2.75, 3.05) is 5.32 Å². The monoisotopic (exact) mass is 376 g/mol. The Bertz CT molecular complexity index is 1200. The number of anilines is 2. The molecule has 138 valence electrons. The molecule has 0 aliphatic heterocycles. The molecular formula is C19H13FN6O2. The van der Waals surface area contributed by atoms with Crippen LogP contribution >= 0.6 is 0 Å². The Morgan fingerprint density at radius 1 is 1.18 bits per heavy atom. The molecule has 0 saturated heterocycles. The van der Waals surface area contributed by atoms with Crippen LogP contribution in [0, 0.1) is 5.82 Å². The van der Waals surface area contributed by atoms with Crippen LogP contribution in [0.1, 0.15) is 5.56 Å². The Balaban J connectivity index is 1.66. The van der Waals surface area contributed by atoms with Crippen LogP contribution in [0.2, 0.25) is 0 Å². The third kappa shape index (κ3) is 3.68. The van der Waals surface area contributed by atoms with Gasteiger partial charge in [-0.05, 0) is 42.0 Å². The molecule has 9 heteroatoms. The second-order valence-electron chi connectivity index (χ2n) is 5.81. The number of nitrogens with zero attached hydrogens (tertiary/aromatic N) is 5. The average Bonchev–Trinajstić information content (AvgIpc) is 3.10. The van der Waals surface area contributed by atoms with Crippen LogP contribution in [0.3, 0.4) is 0 Å². The van der Waals surface area contributed by atoms with Gasteiger partial charge in [0.25, 0.3) is 0 Å². The van der Waals surface area contributed by atoms with E-state index in [0.717, 1.165) is 6.08 Å². The molecule has 0 aliphatic rings. The van der Waals surface area contributed by atoms with Crippen LogP contribution in [-0.2, 0) is 4.79 Å². The van der Waals surface area contributed by atoms with Crippen LogP contribution in [0.15, 0.2) is 60.8 Å². The van der Waals surface area contributed by atoms with Gasteiger partial charge in [0.15, 0.2) is 11.2 Å². The van der Waals surface area contributed by atoms with Gasteiger partial charge in [0.05, 0.1) is 11.9 Å². The van der Waals surface area contributed by atoms with E-state index in [1.165, 1.54) is 29.1 Å². The average molecular weight is 376 g/mol. The minimum absolute atomic E-state index is 0.298. The van der Waals surface area contributed by atoms with Crippen molar-refractivity contribution in [1.29, 1.82) is 0 Å². The Morgan fingerprint density at radius 2 is 2.04 bits per heavy atom. The zero-order valence-electron chi connectivity index (χ0n) is 14.3. The van der Waals surface area contributed by atoms with Crippen LogP contribution < -0.4 is 5.32 Å². The molecule has 0 atom stereocenters. The Labute approximate surface area is 158 Å². The lowest BCUT2D eigenvalue weighted by molar-refractivity contribution is -0.131. The SMILES string of the molecule is O=C(O)C=Cc1cccc(Nc2ncc3nnn(-c4cccc(F)c4)c3n2)c1. The number of nitrogens with one attached hydrogen (secondary N) is 1. The van der Waals surface area contributed by atoms with Gasteiger partial charge in [-0.15, -0.1) is 5.10 Å². The van der Waals surface area contributed by atoms with Crippen molar-refractivity contribution in [3.05, 3.63) is 72.2 Å². The fourth-order valence-corrected chi connectivity index (χ4v) is 2.59. The molecule has 2 aromatic heterocycles. The summed E-state index contributed by atoms with van der Waals surface area (Å²) in [4.78, 5) is 19.3. The highest BCUT2D eigenvalue weighted by molar-refractivity contribution is 5.85. The fourth-order valence-electron chi connectivity index (χ4n) is 2.59. The van der Waals surface area contributed by atoms with E-state index in [1.54, 1.807) is 36.4 Å². The number of hydrogen-bond acceptors (Lipinski definition) is 6. The molecule has 0 aliphatic carbocycles. The van der Waals surface area contributed by atoms with Crippen molar-refractivity contribution < 1.29 is 14.3 Å². The number of benzene rings is 2. The van der Waals surface area contributed by atoms with Crippen molar-refractivity contribution >= 4 is 34.8 Å². The maximum Gasteiger partial charge on any atom is 0.328 e. The smallest absolute Gasteiger partial charge is 0.328 e. The van der Waals surface area contributed by atoms with E-state index >= 15 is 0 Å². The first-order valence-corrected chi connectivity index (χ1v) is 8.21. The van der Waals surface area contributed by atoms with Crippen LogP contribution in [0.5, 0.6) is 0 Å². The molecule has 2 heterocycles. The largest absolute Gasteiger partial charge is 0.478 e. The van der Waals surface area contributed by atoms with Crippen LogP contribution in [0.25, 0.3) is 22.9 Å². The van der Waals surface area contributed by atoms with Gasteiger partial charge >= 0.3 is 5.97 Å². The molecule has 28 heavy (non-hydrogen) atoms. The second kappa shape index (κ2) is 7.23. The Morgan fingerprint density at radius 3 is 2.86 bits per heavy atom. The van der Waals surface area contributed by atoms with Gasteiger partial charge in [0.2, 0.25) is 5.95 Å². The summed E-state index contributed by atoms with van der Waals surface area (Å²) in [6.07, 6.45) is 4.06. The van der Waals surface area contributed by atoms with Crippen molar-refractivity contribution in [3.63, 3.8) is 0 Å². The molecule has 2 aromatic carbocycles. The first kappa shape index (κ1) is 17.3. The number of aromatic nitrogens is 5. The van der Waals surface area contributed by atoms with Crippen molar-refractivity contribution in [2.24, 2.45) is 0 Å². The number of fused-ring (bicyclic) bond motifs is 1. The second-order valence-corrected chi connectivity index (χ2v) is 5.81. The zero-order valence-corrected chi connectivity index (χ0v) is 14.3. The molecule has 4 rings (SSSR count). The van der Waals surface area contributed by atoms with Crippen molar-refractivity contribution in [2.45, 2.75) is 0 Å². The molecular weight excluding hydrogens is 363 g/mol. The summed E-state index contributed by atoms with van der Waals surface area (Å²) < 4.78 is 15.0. The van der Waals surface area contributed by atoms with Crippen LogP contribution in [-0.4, -0.2) is 36.0 Å². The summed E-state index contributed by atoms with van der Waals surface area (Å²) in [5.74, 6) is -1.11.